The standard InChI is InChI=1S/C16H24N2O5/c1-10(2)8-13(19)14(20)18-12(16(21)23-4)9-11-6-5-7-17-15(11)22-3/h5-7,10,12-13,19H,8-9H2,1-4H3,(H,18,20)/t12-,13-/m0/s1. The molecule has 0 radical (unpaired) electrons. The first-order valence-electron chi connectivity index (χ1n) is 7.43. The quantitative estimate of drug-likeness (QED) is 0.683. The van der Waals surface area contributed by atoms with Gasteiger partial charge in [0.05, 0.1) is 14.2 Å². The van der Waals surface area contributed by atoms with E-state index in [-0.39, 0.29) is 12.3 Å². The summed E-state index contributed by atoms with van der Waals surface area (Å²) in [7, 11) is 2.72. The SMILES string of the molecule is COC(=O)[C@H](Cc1cccnc1OC)NC(=O)[C@@H](O)CC(C)C. The van der Waals surface area contributed by atoms with E-state index in [9.17, 15) is 14.7 Å². The number of nitrogens with one attached hydrogen (secondary N) is 1. The van der Waals surface area contributed by atoms with Crippen LogP contribution < -0.4 is 10.1 Å². The molecule has 0 aromatic carbocycles. The van der Waals surface area contributed by atoms with Gasteiger partial charge in [-0.25, -0.2) is 9.78 Å². The number of ether oxygens (including phenoxy) is 2. The van der Waals surface area contributed by atoms with Crippen LogP contribution in [0.1, 0.15) is 25.8 Å². The first-order chi connectivity index (χ1) is 10.9. The number of carbonyl (C=O) groups is 2. The second-order valence-electron chi connectivity index (χ2n) is 5.61. The Morgan fingerprint density at radius 3 is 2.61 bits per heavy atom. The summed E-state index contributed by atoms with van der Waals surface area (Å²) < 4.78 is 9.86. The lowest BCUT2D eigenvalue weighted by molar-refractivity contribution is -0.146. The van der Waals surface area contributed by atoms with Crippen LogP contribution in [0, 0.1) is 5.92 Å². The summed E-state index contributed by atoms with van der Waals surface area (Å²) in [5.74, 6) is -0.665. The van der Waals surface area contributed by atoms with E-state index in [2.05, 4.69) is 10.3 Å². The fourth-order valence-electron chi connectivity index (χ4n) is 2.14. The number of pyridine rings is 1. The molecule has 1 rings (SSSR count). The monoisotopic (exact) mass is 324 g/mol. The molecule has 0 spiro atoms. The summed E-state index contributed by atoms with van der Waals surface area (Å²) in [5.41, 5.74) is 0.657. The molecule has 2 atom stereocenters. The molecule has 0 fully saturated rings. The summed E-state index contributed by atoms with van der Waals surface area (Å²) >= 11 is 0. The van der Waals surface area contributed by atoms with Gasteiger partial charge in [0, 0.05) is 18.2 Å². The van der Waals surface area contributed by atoms with Crippen LogP contribution in [0.5, 0.6) is 5.88 Å². The van der Waals surface area contributed by atoms with Gasteiger partial charge in [0.2, 0.25) is 11.8 Å². The number of aliphatic hydroxyl groups is 1. The highest BCUT2D eigenvalue weighted by Crippen LogP contribution is 2.16. The Balaban J connectivity index is 2.85. The van der Waals surface area contributed by atoms with Crippen LogP contribution >= 0.6 is 0 Å². The third-order valence-electron chi connectivity index (χ3n) is 3.27. The van der Waals surface area contributed by atoms with E-state index >= 15 is 0 Å². The number of aromatic nitrogens is 1. The average Bonchev–Trinajstić information content (AvgIpc) is 2.53. The van der Waals surface area contributed by atoms with Gasteiger partial charge in [0.15, 0.2) is 0 Å². The molecular formula is C16H24N2O5. The number of aliphatic hydroxyl groups excluding tert-OH is 1. The highest BCUT2D eigenvalue weighted by Gasteiger charge is 2.26. The Bertz CT molecular complexity index is 533. The third kappa shape index (κ3) is 5.86. The van der Waals surface area contributed by atoms with Crippen LogP contribution in [0.4, 0.5) is 0 Å². The number of hydrogen-bond donors (Lipinski definition) is 2. The van der Waals surface area contributed by atoms with Crippen molar-refractivity contribution in [3.63, 3.8) is 0 Å². The Morgan fingerprint density at radius 2 is 2.04 bits per heavy atom. The van der Waals surface area contributed by atoms with E-state index in [0.29, 0.717) is 17.9 Å². The molecule has 0 saturated carbocycles. The topological polar surface area (TPSA) is 97.8 Å². The van der Waals surface area contributed by atoms with Crippen LogP contribution in [0.2, 0.25) is 0 Å². The summed E-state index contributed by atoms with van der Waals surface area (Å²) in [5, 5.41) is 12.4. The number of esters is 1. The molecule has 1 aromatic heterocycles. The average molecular weight is 324 g/mol. The molecular weight excluding hydrogens is 300 g/mol. The lowest BCUT2D eigenvalue weighted by atomic mass is 10.0. The Hall–Kier alpha value is -2.15. The van der Waals surface area contributed by atoms with Crippen molar-refractivity contribution in [2.45, 2.75) is 38.8 Å². The molecule has 128 valence electrons. The zero-order valence-corrected chi connectivity index (χ0v) is 13.9. The van der Waals surface area contributed by atoms with Gasteiger partial charge in [-0.1, -0.05) is 19.9 Å². The summed E-state index contributed by atoms with van der Waals surface area (Å²) in [6, 6.07) is 2.53. The van der Waals surface area contributed by atoms with Gasteiger partial charge >= 0.3 is 5.97 Å². The van der Waals surface area contributed by atoms with Crippen LogP contribution in [-0.4, -0.2) is 48.3 Å². The molecule has 1 aromatic rings. The smallest absolute Gasteiger partial charge is 0.328 e. The minimum atomic E-state index is -1.17. The number of hydrogen-bond acceptors (Lipinski definition) is 6. The second-order valence-corrected chi connectivity index (χ2v) is 5.61. The highest BCUT2D eigenvalue weighted by atomic mass is 16.5. The zero-order chi connectivity index (χ0) is 17.4. The molecule has 0 bridgehead atoms. The number of nitrogens with zero attached hydrogens (tertiary/aromatic N) is 1. The summed E-state index contributed by atoms with van der Waals surface area (Å²) in [4.78, 5) is 28.0. The molecule has 2 N–H and O–H groups in total. The Labute approximate surface area is 136 Å². The van der Waals surface area contributed by atoms with Crippen molar-refractivity contribution in [2.24, 2.45) is 5.92 Å². The third-order valence-corrected chi connectivity index (χ3v) is 3.27. The van der Waals surface area contributed by atoms with Gasteiger partial charge in [-0.15, -0.1) is 0 Å². The largest absolute Gasteiger partial charge is 0.481 e. The van der Waals surface area contributed by atoms with Crippen LogP contribution in [-0.2, 0) is 20.7 Å². The van der Waals surface area contributed by atoms with E-state index < -0.39 is 24.0 Å². The molecule has 1 heterocycles. The van der Waals surface area contributed by atoms with Crippen molar-refractivity contribution in [1.82, 2.24) is 10.3 Å². The van der Waals surface area contributed by atoms with Crippen molar-refractivity contribution < 1.29 is 24.2 Å². The minimum absolute atomic E-state index is 0.157. The van der Waals surface area contributed by atoms with E-state index in [1.165, 1.54) is 14.2 Å². The first-order valence-corrected chi connectivity index (χ1v) is 7.43. The van der Waals surface area contributed by atoms with Crippen LogP contribution in [0.3, 0.4) is 0 Å². The molecule has 7 nitrogen and oxygen atoms in total. The fourth-order valence-corrected chi connectivity index (χ4v) is 2.14. The molecule has 1 amide bonds. The van der Waals surface area contributed by atoms with Crippen molar-refractivity contribution in [2.75, 3.05) is 14.2 Å². The maximum atomic E-state index is 12.0. The molecule has 0 aliphatic heterocycles. The van der Waals surface area contributed by atoms with Crippen molar-refractivity contribution >= 4 is 11.9 Å². The predicted molar refractivity (Wildman–Crippen MR) is 83.9 cm³/mol. The molecule has 7 heteroatoms. The van der Waals surface area contributed by atoms with Gasteiger partial charge in [0.25, 0.3) is 0 Å². The zero-order valence-electron chi connectivity index (χ0n) is 13.9. The van der Waals surface area contributed by atoms with Gasteiger partial charge < -0.3 is 19.9 Å². The lowest BCUT2D eigenvalue weighted by Crippen LogP contribution is -2.47. The van der Waals surface area contributed by atoms with Gasteiger partial charge in [-0.2, -0.15) is 0 Å². The van der Waals surface area contributed by atoms with Gasteiger partial charge in [0.1, 0.15) is 12.1 Å². The second kappa shape index (κ2) is 9.09. The van der Waals surface area contributed by atoms with E-state index in [4.69, 9.17) is 9.47 Å². The molecule has 23 heavy (non-hydrogen) atoms. The molecule has 0 unspecified atom stereocenters. The van der Waals surface area contributed by atoms with E-state index in [1.54, 1.807) is 18.3 Å². The summed E-state index contributed by atoms with van der Waals surface area (Å²) in [6.07, 6.45) is 0.873. The molecule has 0 aliphatic carbocycles. The Kier molecular flexibility index (Phi) is 7.47. The van der Waals surface area contributed by atoms with Crippen molar-refractivity contribution in [3.05, 3.63) is 23.9 Å². The van der Waals surface area contributed by atoms with Crippen LogP contribution in [0.25, 0.3) is 0 Å². The predicted octanol–water partition coefficient (Wildman–Crippen LogP) is 0.697. The Morgan fingerprint density at radius 1 is 1.35 bits per heavy atom. The minimum Gasteiger partial charge on any atom is -0.481 e. The molecule has 0 saturated heterocycles. The fraction of sp³-hybridized carbons (Fsp3) is 0.562. The van der Waals surface area contributed by atoms with Crippen molar-refractivity contribution in [1.29, 1.82) is 0 Å². The summed E-state index contributed by atoms with van der Waals surface area (Å²) in [6.45, 7) is 3.80. The van der Waals surface area contributed by atoms with Crippen molar-refractivity contribution in [3.8, 4) is 5.88 Å². The molecule has 0 aliphatic rings. The maximum Gasteiger partial charge on any atom is 0.328 e. The van der Waals surface area contributed by atoms with E-state index in [1.807, 2.05) is 13.8 Å². The number of carbonyl (C=O) groups excluding carboxylic acids is 2. The normalized spacial score (nSPS) is 13.3. The van der Waals surface area contributed by atoms with Gasteiger partial charge in [-0.3, -0.25) is 4.79 Å². The lowest BCUT2D eigenvalue weighted by Gasteiger charge is -2.20. The number of rotatable bonds is 8. The van der Waals surface area contributed by atoms with Gasteiger partial charge in [-0.05, 0) is 18.4 Å². The number of amides is 1. The highest BCUT2D eigenvalue weighted by molar-refractivity contribution is 5.87. The van der Waals surface area contributed by atoms with E-state index in [0.717, 1.165) is 0 Å². The maximum absolute atomic E-state index is 12.0. The number of methoxy groups -OCH3 is 2. The van der Waals surface area contributed by atoms with Crippen LogP contribution in [0.15, 0.2) is 18.3 Å². The first kappa shape index (κ1) is 18.9.